The van der Waals surface area contributed by atoms with Crippen LogP contribution in [0, 0.1) is 0 Å². The van der Waals surface area contributed by atoms with Crippen molar-refractivity contribution < 1.29 is 0 Å². The van der Waals surface area contributed by atoms with Crippen LogP contribution in [0.3, 0.4) is 0 Å². The average molecular weight is 300 g/mol. The number of nitrogens with one attached hydrogen (secondary N) is 1. The van der Waals surface area contributed by atoms with Crippen LogP contribution in [0.15, 0.2) is 10.8 Å². The van der Waals surface area contributed by atoms with Crippen LogP contribution < -0.4 is 11.1 Å². The van der Waals surface area contributed by atoms with E-state index in [0.29, 0.717) is 11.9 Å². The largest absolute Gasteiger partial charge is 0.383 e. The number of nitrogen functional groups attached to an aromatic ring is 1. The predicted molar refractivity (Wildman–Crippen MR) is 72.9 cm³/mol. The van der Waals surface area contributed by atoms with E-state index >= 15 is 0 Å². The Morgan fingerprint density at radius 1 is 1.47 bits per heavy atom. The lowest BCUT2D eigenvalue weighted by molar-refractivity contribution is 0.327. The van der Waals surface area contributed by atoms with Gasteiger partial charge >= 0.3 is 0 Å². The predicted octanol–water partition coefficient (Wildman–Crippen LogP) is 1.72. The Hall–Kier alpha value is -0.880. The fourth-order valence-corrected chi connectivity index (χ4v) is 2.43. The molecule has 0 aliphatic carbocycles. The molecule has 0 amide bonds. The van der Waals surface area contributed by atoms with Crippen molar-refractivity contribution in [2.45, 2.75) is 25.8 Å². The highest BCUT2D eigenvalue weighted by Gasteiger charge is 2.15. The Bertz CT molecular complexity index is 378. The average Bonchev–Trinajstić information content (AvgIpc) is 2.77. The standard InChI is InChI=1S/C11H18BrN5/c1-8(6-17-4-2-3-5-17)16-11-9(12)10(13)14-7-15-11/h7-8H,2-6H2,1H3,(H3,13,14,15,16). The topological polar surface area (TPSA) is 67.1 Å². The lowest BCUT2D eigenvalue weighted by Crippen LogP contribution is -2.33. The van der Waals surface area contributed by atoms with E-state index in [-0.39, 0.29) is 0 Å². The fourth-order valence-electron chi connectivity index (χ4n) is 2.12. The van der Waals surface area contributed by atoms with Crippen LogP contribution in [0.4, 0.5) is 11.6 Å². The third kappa shape index (κ3) is 3.29. The highest BCUT2D eigenvalue weighted by molar-refractivity contribution is 9.10. The third-order valence-corrected chi connectivity index (χ3v) is 3.71. The van der Waals surface area contributed by atoms with Gasteiger partial charge in [0.25, 0.3) is 0 Å². The van der Waals surface area contributed by atoms with Gasteiger partial charge in [-0.1, -0.05) is 0 Å². The molecule has 0 saturated carbocycles. The molecule has 17 heavy (non-hydrogen) atoms. The first-order valence-electron chi connectivity index (χ1n) is 5.91. The molecule has 5 nitrogen and oxygen atoms in total. The summed E-state index contributed by atoms with van der Waals surface area (Å²) in [5, 5.41) is 3.36. The zero-order valence-corrected chi connectivity index (χ0v) is 11.6. The smallest absolute Gasteiger partial charge is 0.146 e. The van der Waals surface area contributed by atoms with Crippen LogP contribution in [-0.4, -0.2) is 40.5 Å². The van der Waals surface area contributed by atoms with Crippen LogP contribution in [-0.2, 0) is 0 Å². The van der Waals surface area contributed by atoms with Gasteiger partial charge in [-0.15, -0.1) is 0 Å². The van der Waals surface area contributed by atoms with E-state index in [1.54, 1.807) is 0 Å². The van der Waals surface area contributed by atoms with Gasteiger partial charge in [0.2, 0.25) is 0 Å². The second kappa shape index (κ2) is 5.64. The van der Waals surface area contributed by atoms with E-state index in [0.717, 1.165) is 16.8 Å². The molecule has 3 N–H and O–H groups in total. The summed E-state index contributed by atoms with van der Waals surface area (Å²) in [7, 11) is 0. The summed E-state index contributed by atoms with van der Waals surface area (Å²) < 4.78 is 0.744. The quantitative estimate of drug-likeness (QED) is 0.886. The summed E-state index contributed by atoms with van der Waals surface area (Å²) in [4.78, 5) is 10.6. The van der Waals surface area contributed by atoms with E-state index in [1.807, 2.05) is 0 Å². The molecule has 0 spiro atoms. The molecule has 1 saturated heterocycles. The lowest BCUT2D eigenvalue weighted by Gasteiger charge is -2.22. The molecule has 1 aromatic rings. The molecule has 1 aliphatic rings. The number of rotatable bonds is 4. The molecule has 2 heterocycles. The Morgan fingerprint density at radius 2 is 2.18 bits per heavy atom. The Balaban J connectivity index is 1.93. The summed E-state index contributed by atoms with van der Waals surface area (Å²) in [5.41, 5.74) is 5.71. The van der Waals surface area contributed by atoms with E-state index < -0.39 is 0 Å². The number of nitrogens with zero attached hydrogens (tertiary/aromatic N) is 3. The maximum absolute atomic E-state index is 5.71. The number of anilines is 2. The molecule has 0 aromatic carbocycles. The van der Waals surface area contributed by atoms with Crippen molar-refractivity contribution in [3.05, 3.63) is 10.8 Å². The Morgan fingerprint density at radius 3 is 2.88 bits per heavy atom. The maximum atomic E-state index is 5.71. The van der Waals surface area contributed by atoms with Gasteiger partial charge in [-0.3, -0.25) is 0 Å². The number of hydrogen-bond donors (Lipinski definition) is 2. The molecule has 1 fully saturated rings. The van der Waals surface area contributed by atoms with Crippen molar-refractivity contribution in [1.82, 2.24) is 14.9 Å². The van der Waals surface area contributed by atoms with Gasteiger partial charge in [0.05, 0.1) is 0 Å². The lowest BCUT2D eigenvalue weighted by atomic mass is 10.3. The normalized spacial score (nSPS) is 18.2. The van der Waals surface area contributed by atoms with Gasteiger partial charge in [0, 0.05) is 12.6 Å². The van der Waals surface area contributed by atoms with Gasteiger partial charge in [-0.25, -0.2) is 9.97 Å². The van der Waals surface area contributed by atoms with Gasteiger partial charge in [0.1, 0.15) is 22.4 Å². The first-order valence-corrected chi connectivity index (χ1v) is 6.71. The SMILES string of the molecule is CC(CN1CCCC1)Nc1ncnc(N)c1Br. The molecule has 6 heteroatoms. The summed E-state index contributed by atoms with van der Waals surface area (Å²) in [6.45, 7) is 5.61. The summed E-state index contributed by atoms with van der Waals surface area (Å²) >= 11 is 3.40. The van der Waals surface area contributed by atoms with Crippen LogP contribution in [0.2, 0.25) is 0 Å². The van der Waals surface area contributed by atoms with Gasteiger partial charge in [0.15, 0.2) is 0 Å². The highest BCUT2D eigenvalue weighted by Crippen LogP contribution is 2.24. The van der Waals surface area contributed by atoms with Crippen molar-refractivity contribution in [3.63, 3.8) is 0 Å². The number of halogens is 1. The molecular formula is C11H18BrN5. The molecule has 1 unspecified atom stereocenters. The molecule has 1 aromatic heterocycles. The molecule has 1 aliphatic heterocycles. The van der Waals surface area contributed by atoms with Crippen molar-refractivity contribution in [3.8, 4) is 0 Å². The Kier molecular flexibility index (Phi) is 4.17. The zero-order chi connectivity index (χ0) is 12.3. The second-order valence-corrected chi connectivity index (χ2v) is 5.27. The van der Waals surface area contributed by atoms with Crippen LogP contribution in [0.1, 0.15) is 19.8 Å². The molecule has 2 rings (SSSR count). The first-order chi connectivity index (χ1) is 8.16. The van der Waals surface area contributed by atoms with E-state index in [2.05, 4.69) is 43.0 Å². The summed E-state index contributed by atoms with van der Waals surface area (Å²) in [5.74, 6) is 1.24. The Labute approximate surface area is 110 Å². The highest BCUT2D eigenvalue weighted by atomic mass is 79.9. The minimum absolute atomic E-state index is 0.346. The van der Waals surface area contributed by atoms with E-state index in [1.165, 1.54) is 32.3 Å². The van der Waals surface area contributed by atoms with Gasteiger partial charge < -0.3 is 16.0 Å². The minimum atomic E-state index is 0.346. The van der Waals surface area contributed by atoms with Crippen molar-refractivity contribution in [2.24, 2.45) is 0 Å². The molecular weight excluding hydrogens is 282 g/mol. The fraction of sp³-hybridized carbons (Fsp3) is 0.636. The zero-order valence-electron chi connectivity index (χ0n) is 9.99. The van der Waals surface area contributed by atoms with Gasteiger partial charge in [-0.05, 0) is 48.8 Å². The molecule has 94 valence electrons. The number of hydrogen-bond acceptors (Lipinski definition) is 5. The second-order valence-electron chi connectivity index (χ2n) is 4.47. The van der Waals surface area contributed by atoms with Crippen molar-refractivity contribution in [2.75, 3.05) is 30.7 Å². The monoisotopic (exact) mass is 299 g/mol. The summed E-state index contributed by atoms with van der Waals surface area (Å²) in [6.07, 6.45) is 4.11. The molecule has 0 radical (unpaired) electrons. The van der Waals surface area contributed by atoms with E-state index in [9.17, 15) is 0 Å². The van der Waals surface area contributed by atoms with Crippen molar-refractivity contribution in [1.29, 1.82) is 0 Å². The minimum Gasteiger partial charge on any atom is -0.383 e. The molecule has 0 bridgehead atoms. The van der Waals surface area contributed by atoms with Crippen molar-refractivity contribution >= 4 is 27.6 Å². The van der Waals surface area contributed by atoms with E-state index in [4.69, 9.17) is 5.73 Å². The number of nitrogens with two attached hydrogens (primary N) is 1. The van der Waals surface area contributed by atoms with Crippen LogP contribution >= 0.6 is 15.9 Å². The van der Waals surface area contributed by atoms with Crippen LogP contribution in [0.25, 0.3) is 0 Å². The first kappa shape index (κ1) is 12.6. The van der Waals surface area contributed by atoms with Crippen LogP contribution in [0.5, 0.6) is 0 Å². The third-order valence-electron chi connectivity index (χ3n) is 2.93. The number of likely N-dealkylation sites (tertiary alicyclic amines) is 1. The number of aromatic nitrogens is 2. The maximum Gasteiger partial charge on any atom is 0.146 e. The van der Waals surface area contributed by atoms with Gasteiger partial charge in [-0.2, -0.15) is 0 Å². The summed E-state index contributed by atoms with van der Waals surface area (Å²) in [6, 6.07) is 0.346. The molecule has 1 atom stereocenters.